The van der Waals surface area contributed by atoms with Crippen molar-refractivity contribution in [2.45, 2.75) is 133 Å². The highest BCUT2D eigenvalue weighted by molar-refractivity contribution is 5.22. The van der Waals surface area contributed by atoms with Crippen LogP contribution in [-0.4, -0.2) is 7.05 Å². The van der Waals surface area contributed by atoms with Crippen molar-refractivity contribution in [2.24, 2.45) is 56.7 Å². The van der Waals surface area contributed by atoms with Crippen molar-refractivity contribution in [1.29, 1.82) is 0 Å². The lowest BCUT2D eigenvalue weighted by Gasteiger charge is -2.77. The largest absolute Gasteiger partial charge is 0.392 e. The Morgan fingerprint density at radius 2 is 1.44 bits per heavy atom. The molecule has 0 bridgehead atoms. The first kappa shape index (κ1) is 29.8. The number of rotatable bonds is 5. The lowest BCUT2D eigenvalue weighted by Crippen LogP contribution is -2.70. The fourth-order valence-corrected chi connectivity index (χ4v) is 11.1. The van der Waals surface area contributed by atoms with Crippen molar-refractivity contribution < 1.29 is 0 Å². The van der Waals surface area contributed by atoms with Gasteiger partial charge in [-0.3, -0.25) is 0 Å². The summed E-state index contributed by atoms with van der Waals surface area (Å²) in [6, 6.07) is 0. The van der Waals surface area contributed by atoms with Gasteiger partial charge in [0.25, 0.3) is 0 Å². The third kappa shape index (κ3) is 4.07. The minimum absolute atomic E-state index is 0.446. The summed E-state index contributed by atoms with van der Waals surface area (Å²) in [7, 11) is 2.10. The summed E-state index contributed by atoms with van der Waals surface area (Å²) in [5.41, 5.74) is 3.63. The van der Waals surface area contributed by atoms with Crippen molar-refractivity contribution in [2.75, 3.05) is 7.05 Å². The van der Waals surface area contributed by atoms with Crippen molar-refractivity contribution in [3.05, 3.63) is 24.9 Å². The molecule has 1 N–H and O–H groups in total. The van der Waals surface area contributed by atoms with Gasteiger partial charge in [-0.05, 0) is 115 Å². The molecule has 0 aromatic carbocycles. The Balaban J connectivity index is 0.00000115. The van der Waals surface area contributed by atoms with E-state index in [9.17, 15) is 0 Å². The molecule has 1 heteroatoms. The summed E-state index contributed by atoms with van der Waals surface area (Å²) >= 11 is 0. The van der Waals surface area contributed by atoms with Crippen LogP contribution in [0.1, 0.15) is 133 Å². The van der Waals surface area contributed by atoms with E-state index in [0.717, 1.165) is 23.7 Å². The predicted molar refractivity (Wildman–Crippen MR) is 160 cm³/mol. The Labute approximate surface area is 226 Å². The molecule has 0 aromatic rings. The summed E-state index contributed by atoms with van der Waals surface area (Å²) in [4.78, 5) is 0. The highest BCUT2D eigenvalue weighted by atomic mass is 14.9. The Morgan fingerprint density at radius 3 is 2.03 bits per heavy atom. The Morgan fingerprint density at radius 1 is 0.889 bits per heavy atom. The quantitative estimate of drug-likeness (QED) is 0.372. The summed E-state index contributed by atoms with van der Waals surface area (Å²) < 4.78 is 0. The number of unbranched alkanes of at least 4 members (excludes halogenated alkanes) is 1. The van der Waals surface area contributed by atoms with E-state index in [1.54, 1.807) is 6.08 Å². The molecule has 4 fully saturated rings. The van der Waals surface area contributed by atoms with Crippen molar-refractivity contribution in [1.82, 2.24) is 5.32 Å². The van der Waals surface area contributed by atoms with Gasteiger partial charge < -0.3 is 5.32 Å². The molecule has 0 spiro atoms. The molecular formula is C35H63N. The number of nitrogens with one attached hydrogen (secondary N) is 1. The van der Waals surface area contributed by atoms with Gasteiger partial charge in [-0.2, -0.15) is 0 Å². The van der Waals surface area contributed by atoms with E-state index in [1.807, 2.05) is 6.92 Å². The van der Waals surface area contributed by atoms with E-state index in [2.05, 4.69) is 80.9 Å². The monoisotopic (exact) mass is 497 g/mol. The molecule has 1 nitrogen and oxygen atoms in total. The van der Waals surface area contributed by atoms with E-state index in [-0.39, 0.29) is 0 Å². The fraction of sp³-hybridized carbons (Fsp3) is 0.886. The van der Waals surface area contributed by atoms with Gasteiger partial charge in [0.15, 0.2) is 0 Å². The first-order valence-corrected chi connectivity index (χ1v) is 15.7. The van der Waals surface area contributed by atoms with Gasteiger partial charge in [0, 0.05) is 18.7 Å². The molecule has 0 aromatic heterocycles. The zero-order valence-corrected chi connectivity index (χ0v) is 26.2. The molecule has 0 radical (unpaired) electrons. The van der Waals surface area contributed by atoms with Gasteiger partial charge in [-0.15, -0.1) is 6.58 Å². The van der Waals surface area contributed by atoms with E-state index in [4.69, 9.17) is 0 Å². The summed E-state index contributed by atoms with van der Waals surface area (Å²) in [5.74, 6) is 4.09. The van der Waals surface area contributed by atoms with Crippen molar-refractivity contribution in [3.63, 3.8) is 0 Å². The van der Waals surface area contributed by atoms with Gasteiger partial charge in [0.05, 0.1) is 0 Å². The van der Waals surface area contributed by atoms with E-state index < -0.39 is 0 Å². The highest BCUT2D eigenvalue weighted by Gasteiger charge is 2.72. The van der Waals surface area contributed by atoms with Crippen LogP contribution in [0.5, 0.6) is 0 Å². The molecule has 0 heterocycles. The first-order chi connectivity index (χ1) is 16.8. The third-order valence-electron chi connectivity index (χ3n) is 14.1. The van der Waals surface area contributed by atoms with Crippen LogP contribution in [0.4, 0.5) is 0 Å². The second-order valence-corrected chi connectivity index (χ2v) is 15.1. The summed E-state index contributed by atoms with van der Waals surface area (Å²) in [6.45, 7) is 31.0. The second-order valence-electron chi connectivity index (χ2n) is 15.1. The SMILES string of the molecule is C=C(NC)C1CC[C@]2(C)[C@H](CCC3(C)[C@@]4(C)CCC(C)C(C)(C)C4CC[C@]32C)[C@H]1CCCC.C=CC. The first-order valence-electron chi connectivity index (χ1n) is 15.7. The van der Waals surface area contributed by atoms with Gasteiger partial charge in [-0.25, -0.2) is 0 Å². The summed E-state index contributed by atoms with van der Waals surface area (Å²) in [5, 5.41) is 3.48. The zero-order valence-electron chi connectivity index (χ0n) is 26.2. The van der Waals surface area contributed by atoms with E-state index in [1.165, 1.54) is 76.3 Å². The molecule has 4 aliphatic rings. The lowest BCUT2D eigenvalue weighted by molar-refractivity contribution is -0.281. The average molecular weight is 498 g/mol. The van der Waals surface area contributed by atoms with Crippen LogP contribution in [0.2, 0.25) is 0 Å². The van der Waals surface area contributed by atoms with Crippen LogP contribution in [-0.2, 0) is 0 Å². The molecule has 4 saturated carbocycles. The van der Waals surface area contributed by atoms with Gasteiger partial charge in [0.1, 0.15) is 0 Å². The maximum atomic E-state index is 4.50. The van der Waals surface area contributed by atoms with Crippen molar-refractivity contribution >= 4 is 0 Å². The van der Waals surface area contributed by atoms with Crippen LogP contribution in [0.15, 0.2) is 24.9 Å². The molecule has 0 saturated heterocycles. The maximum absolute atomic E-state index is 4.50. The van der Waals surface area contributed by atoms with E-state index >= 15 is 0 Å². The van der Waals surface area contributed by atoms with E-state index in [0.29, 0.717) is 33.0 Å². The van der Waals surface area contributed by atoms with Crippen molar-refractivity contribution in [3.8, 4) is 0 Å². The minimum Gasteiger partial charge on any atom is -0.392 e. The normalized spacial score (nSPS) is 47.2. The lowest BCUT2D eigenvalue weighted by atomic mass is 9.28. The minimum atomic E-state index is 0.446. The Bertz CT molecular complexity index is 794. The fourth-order valence-electron chi connectivity index (χ4n) is 11.1. The van der Waals surface area contributed by atoms with Crippen LogP contribution in [0.25, 0.3) is 0 Å². The zero-order chi connectivity index (χ0) is 27.2. The molecule has 208 valence electrons. The van der Waals surface area contributed by atoms with Gasteiger partial charge in [0.2, 0.25) is 0 Å². The molecular weight excluding hydrogens is 434 g/mol. The smallest absolute Gasteiger partial charge is 0.00654 e. The van der Waals surface area contributed by atoms with Crippen LogP contribution in [0.3, 0.4) is 0 Å². The standard InChI is InChI=1S/C32H57N.C3H6/c1-11-12-13-25-24(23(3)33-10)15-19-29(6)26(25)16-20-32(9)30(7)18-14-22(2)28(4,5)27(30)17-21-31(29,32)8;1-3-2/h22,24-27,33H,3,11-21H2,1-2,4-10H3;3H,1H2,2H3/t22?,24?,25-,26+,27?,29+,30-,31-,32?;/m0./s1. The Kier molecular flexibility index (Phi) is 8.66. The second kappa shape index (κ2) is 10.4. The summed E-state index contributed by atoms with van der Waals surface area (Å²) in [6.07, 6.45) is 17.3. The molecule has 0 aliphatic heterocycles. The maximum Gasteiger partial charge on any atom is 0.00654 e. The number of hydrogen-bond acceptors (Lipinski definition) is 1. The highest BCUT2D eigenvalue weighted by Crippen LogP contribution is 2.80. The molecule has 36 heavy (non-hydrogen) atoms. The topological polar surface area (TPSA) is 12.0 Å². The predicted octanol–water partition coefficient (Wildman–Crippen LogP) is 10.4. The molecule has 4 rings (SSSR count). The van der Waals surface area contributed by atoms with Crippen LogP contribution >= 0.6 is 0 Å². The molecule has 4 aliphatic carbocycles. The van der Waals surface area contributed by atoms with Gasteiger partial charge >= 0.3 is 0 Å². The number of hydrogen-bond donors (Lipinski definition) is 1. The molecule has 4 unspecified atom stereocenters. The van der Waals surface area contributed by atoms with Gasteiger partial charge in [-0.1, -0.05) is 80.9 Å². The van der Waals surface area contributed by atoms with Crippen LogP contribution < -0.4 is 5.32 Å². The molecule has 9 atom stereocenters. The van der Waals surface area contributed by atoms with Crippen LogP contribution in [0, 0.1) is 56.7 Å². The number of allylic oxidation sites excluding steroid dienone is 2. The number of fused-ring (bicyclic) bond motifs is 5. The Hall–Kier alpha value is -0.720. The third-order valence-corrected chi connectivity index (χ3v) is 14.1. The molecule has 0 amide bonds. The average Bonchev–Trinajstić information content (AvgIpc) is 2.82.